The van der Waals surface area contributed by atoms with Crippen molar-refractivity contribution in [3.05, 3.63) is 92.1 Å². The van der Waals surface area contributed by atoms with Crippen molar-refractivity contribution in [2.45, 2.75) is 20.5 Å². The first kappa shape index (κ1) is 21.5. The second kappa shape index (κ2) is 10.5. The fraction of sp³-hybridized carbons (Fsp3) is 0.182. The molecule has 0 aliphatic carbocycles. The van der Waals surface area contributed by atoms with E-state index in [9.17, 15) is 4.39 Å². The lowest BCUT2D eigenvalue weighted by atomic mass is 10.2. The minimum absolute atomic E-state index is 0.163. The molecule has 3 aromatic carbocycles. The number of benzene rings is 3. The van der Waals surface area contributed by atoms with E-state index in [1.807, 2.05) is 55.5 Å². The van der Waals surface area contributed by atoms with Crippen LogP contribution in [0.1, 0.15) is 16.7 Å². The second-order valence-corrected chi connectivity index (χ2v) is 7.77. The molecule has 0 heterocycles. The van der Waals surface area contributed by atoms with Crippen molar-refractivity contribution in [1.82, 2.24) is 0 Å². The van der Waals surface area contributed by atoms with E-state index in [0.29, 0.717) is 12.2 Å². The molecule has 0 aromatic heterocycles. The lowest BCUT2D eigenvalue weighted by Crippen LogP contribution is -1.97. The molecule has 0 spiro atoms. The summed E-state index contributed by atoms with van der Waals surface area (Å²) in [5, 5.41) is 0. The minimum Gasteiger partial charge on any atom is -0.497 e. The van der Waals surface area contributed by atoms with Gasteiger partial charge in [0.2, 0.25) is 0 Å². The Morgan fingerprint density at radius 2 is 1.41 bits per heavy atom. The fourth-order valence-electron chi connectivity index (χ4n) is 2.18. The van der Waals surface area contributed by atoms with E-state index in [-0.39, 0.29) is 5.82 Å². The van der Waals surface area contributed by atoms with Gasteiger partial charge in [-0.25, -0.2) is 4.39 Å². The average Bonchev–Trinajstić information content (AvgIpc) is 2.66. The van der Waals surface area contributed by atoms with Crippen molar-refractivity contribution < 1.29 is 13.9 Å². The number of rotatable bonds is 4. The summed E-state index contributed by atoms with van der Waals surface area (Å²) in [6.07, 6.45) is 0. The Kier molecular flexibility index (Phi) is 8.32. The summed E-state index contributed by atoms with van der Waals surface area (Å²) in [5.74, 6) is 1.60. The van der Waals surface area contributed by atoms with E-state index in [0.717, 1.165) is 31.6 Å². The summed E-state index contributed by atoms with van der Waals surface area (Å²) in [6.45, 7) is 4.33. The Morgan fingerprint density at radius 3 is 1.96 bits per heavy atom. The molecule has 2 nitrogen and oxygen atoms in total. The van der Waals surface area contributed by atoms with E-state index in [1.54, 1.807) is 20.1 Å². The third-order valence-corrected chi connectivity index (χ3v) is 4.82. The van der Waals surface area contributed by atoms with Crippen LogP contribution in [0.4, 0.5) is 4.39 Å². The van der Waals surface area contributed by atoms with Gasteiger partial charge in [-0.05, 0) is 66.9 Å². The summed E-state index contributed by atoms with van der Waals surface area (Å²) < 4.78 is 25.3. The van der Waals surface area contributed by atoms with Crippen molar-refractivity contribution >= 4 is 31.9 Å². The summed E-state index contributed by atoms with van der Waals surface area (Å²) in [6, 6.07) is 18.9. The predicted molar refractivity (Wildman–Crippen MR) is 115 cm³/mol. The van der Waals surface area contributed by atoms with Crippen LogP contribution < -0.4 is 9.47 Å². The highest BCUT2D eigenvalue weighted by atomic mass is 79.9. The van der Waals surface area contributed by atoms with Crippen molar-refractivity contribution in [2.24, 2.45) is 0 Å². The zero-order valence-corrected chi connectivity index (χ0v) is 18.6. The Labute approximate surface area is 176 Å². The molecule has 0 bridgehead atoms. The molecular formula is C22H21Br2FO2. The molecule has 0 saturated carbocycles. The fourth-order valence-corrected chi connectivity index (χ4v) is 2.85. The van der Waals surface area contributed by atoms with E-state index < -0.39 is 0 Å². The van der Waals surface area contributed by atoms with Crippen molar-refractivity contribution in [1.29, 1.82) is 0 Å². The van der Waals surface area contributed by atoms with Crippen molar-refractivity contribution in [3.8, 4) is 11.5 Å². The first-order chi connectivity index (χ1) is 12.9. The van der Waals surface area contributed by atoms with Gasteiger partial charge in [-0.15, -0.1) is 0 Å². The van der Waals surface area contributed by atoms with Gasteiger partial charge >= 0.3 is 0 Å². The van der Waals surface area contributed by atoms with E-state index in [1.165, 1.54) is 6.07 Å². The number of ether oxygens (including phenoxy) is 2. The molecule has 3 rings (SSSR count). The lowest BCUT2D eigenvalue weighted by Gasteiger charge is -2.10. The first-order valence-electron chi connectivity index (χ1n) is 8.32. The molecular weight excluding hydrogens is 475 g/mol. The van der Waals surface area contributed by atoms with Crippen LogP contribution >= 0.6 is 31.9 Å². The van der Waals surface area contributed by atoms with E-state index in [2.05, 4.69) is 31.9 Å². The Morgan fingerprint density at radius 1 is 0.815 bits per heavy atom. The molecule has 142 valence electrons. The molecule has 27 heavy (non-hydrogen) atoms. The third kappa shape index (κ3) is 7.00. The zero-order valence-electron chi connectivity index (χ0n) is 15.4. The maximum Gasteiger partial charge on any atom is 0.127 e. The zero-order chi connectivity index (χ0) is 19.8. The molecule has 0 radical (unpaired) electrons. The van der Waals surface area contributed by atoms with Crippen LogP contribution in [-0.4, -0.2) is 7.11 Å². The highest BCUT2D eigenvalue weighted by molar-refractivity contribution is 9.10. The number of hydrogen-bond acceptors (Lipinski definition) is 2. The Hall–Kier alpha value is -1.85. The predicted octanol–water partition coefficient (Wildman–Crippen LogP) is 7.24. The monoisotopic (exact) mass is 494 g/mol. The quantitative estimate of drug-likeness (QED) is 0.379. The van der Waals surface area contributed by atoms with Crippen LogP contribution in [0.3, 0.4) is 0 Å². The standard InChI is InChI=1S/C15H15BrO2.C7H6BrF/c1-11-3-6-13(16)9-15(11)18-10-12-4-7-14(17-2)8-5-12;1-5-2-3-6(8)4-7(5)9/h3-9H,10H2,1-2H3;2-4H,1H3. The van der Waals surface area contributed by atoms with Crippen molar-refractivity contribution in [2.75, 3.05) is 7.11 Å². The van der Waals surface area contributed by atoms with Crippen LogP contribution in [0.25, 0.3) is 0 Å². The summed E-state index contributed by atoms with van der Waals surface area (Å²) >= 11 is 6.60. The number of aryl methyl sites for hydroxylation is 2. The van der Waals surface area contributed by atoms with Gasteiger partial charge in [0.25, 0.3) is 0 Å². The molecule has 0 aliphatic rings. The number of halogens is 3. The summed E-state index contributed by atoms with van der Waals surface area (Å²) in [7, 11) is 1.66. The van der Waals surface area contributed by atoms with E-state index in [4.69, 9.17) is 9.47 Å². The maximum atomic E-state index is 12.5. The van der Waals surface area contributed by atoms with Gasteiger partial charge in [-0.3, -0.25) is 0 Å². The summed E-state index contributed by atoms with van der Waals surface area (Å²) in [5.41, 5.74) is 2.93. The van der Waals surface area contributed by atoms with Gasteiger partial charge in [0.15, 0.2) is 0 Å². The Bertz CT molecular complexity index is 880. The van der Waals surface area contributed by atoms with E-state index >= 15 is 0 Å². The third-order valence-electron chi connectivity index (χ3n) is 3.84. The van der Waals surface area contributed by atoms with Gasteiger partial charge in [0, 0.05) is 8.95 Å². The normalized spacial score (nSPS) is 10.0. The largest absolute Gasteiger partial charge is 0.497 e. The lowest BCUT2D eigenvalue weighted by molar-refractivity contribution is 0.303. The average molecular weight is 496 g/mol. The topological polar surface area (TPSA) is 18.5 Å². The van der Waals surface area contributed by atoms with Crippen LogP contribution in [-0.2, 0) is 6.61 Å². The maximum absolute atomic E-state index is 12.5. The second-order valence-electron chi connectivity index (χ2n) is 5.94. The van der Waals surface area contributed by atoms with Crippen LogP contribution in [0, 0.1) is 19.7 Å². The van der Waals surface area contributed by atoms with Gasteiger partial charge in [-0.2, -0.15) is 0 Å². The van der Waals surface area contributed by atoms with Gasteiger partial charge in [0.1, 0.15) is 23.9 Å². The molecule has 0 atom stereocenters. The molecule has 0 fully saturated rings. The van der Waals surface area contributed by atoms with Gasteiger partial charge < -0.3 is 9.47 Å². The number of methoxy groups -OCH3 is 1. The molecule has 0 unspecified atom stereocenters. The minimum atomic E-state index is -0.163. The van der Waals surface area contributed by atoms with Crippen molar-refractivity contribution in [3.63, 3.8) is 0 Å². The summed E-state index contributed by atoms with van der Waals surface area (Å²) in [4.78, 5) is 0. The van der Waals surface area contributed by atoms with Crippen LogP contribution in [0.15, 0.2) is 69.6 Å². The van der Waals surface area contributed by atoms with Gasteiger partial charge in [0.05, 0.1) is 7.11 Å². The van der Waals surface area contributed by atoms with Crippen LogP contribution in [0.2, 0.25) is 0 Å². The Balaban J connectivity index is 0.000000244. The first-order valence-corrected chi connectivity index (χ1v) is 9.91. The molecule has 0 amide bonds. The molecule has 0 aliphatic heterocycles. The molecule has 5 heteroatoms. The highest BCUT2D eigenvalue weighted by Gasteiger charge is 2.01. The van der Waals surface area contributed by atoms with Gasteiger partial charge in [-0.1, -0.05) is 56.1 Å². The highest BCUT2D eigenvalue weighted by Crippen LogP contribution is 2.24. The SMILES string of the molecule is COc1ccc(COc2cc(Br)ccc2C)cc1.Cc1ccc(Br)cc1F. The number of hydrogen-bond donors (Lipinski definition) is 0. The molecule has 0 N–H and O–H groups in total. The van der Waals surface area contributed by atoms with Crippen LogP contribution in [0.5, 0.6) is 11.5 Å². The molecule has 3 aromatic rings. The molecule has 0 saturated heterocycles. The smallest absolute Gasteiger partial charge is 0.127 e.